The summed E-state index contributed by atoms with van der Waals surface area (Å²) < 4.78 is 12.2. The first-order valence-electron chi connectivity index (χ1n) is 37.1. The standard InChI is InChI=1S/C51H31N5S.C48H32N4S/c1-4-14-32(15-5-1)49-52-50(33-16-6-2-7-17-33)54-51(53-49)34-24-26-39-42-29-36(25-27-47(42)57-48(39)28-34)56-44-23-13-11-21-38(44)41-30-40-37-20-10-12-22-43(37)55(45(40)31-46(41)56)35-18-8-3-9-19-35;1-48(2)37-19-11-9-17-34(37)43-38(48)24-25-40-44(43)35-18-10-12-20-39(35)52(40)32-22-26-41-36(28-32)33-23-21-31(27-42(33)53-41)47-50-45(29-13-5-3-6-14-29)49-46(51-47)30-15-7-4-8-16-30/h1-31H;3-28H,1-2H3. The maximum atomic E-state index is 5.00. The van der Waals surface area contributed by atoms with Crippen molar-refractivity contribution in [2.45, 2.75) is 19.3 Å². The lowest BCUT2D eigenvalue weighted by Gasteiger charge is -2.21. The molecular formula is C99H63N9S2. The van der Waals surface area contributed by atoms with E-state index in [9.17, 15) is 0 Å². The third-order valence-corrected chi connectivity index (χ3v) is 24.5. The summed E-state index contributed by atoms with van der Waals surface area (Å²) in [6, 6.07) is 123. The first-order valence-corrected chi connectivity index (χ1v) is 38.8. The van der Waals surface area contributed by atoms with Gasteiger partial charge in [0.2, 0.25) is 0 Å². The van der Waals surface area contributed by atoms with Crippen molar-refractivity contribution >= 4 is 128 Å². The third-order valence-electron chi connectivity index (χ3n) is 22.2. The Bertz CT molecular complexity index is 7370. The molecule has 0 saturated carbocycles. The maximum absolute atomic E-state index is 5.00. The van der Waals surface area contributed by atoms with Crippen molar-refractivity contribution < 1.29 is 0 Å². The number of hydrogen-bond acceptors (Lipinski definition) is 8. The molecule has 1 aliphatic rings. The van der Waals surface area contributed by atoms with Gasteiger partial charge >= 0.3 is 0 Å². The number of rotatable bonds is 9. The van der Waals surface area contributed by atoms with Crippen LogP contribution in [-0.4, -0.2) is 43.6 Å². The minimum absolute atomic E-state index is 0.0514. The molecule has 0 atom stereocenters. The molecule has 7 aromatic heterocycles. The zero-order chi connectivity index (χ0) is 72.7. The average molecular weight is 1440 g/mol. The molecule has 22 aromatic rings. The van der Waals surface area contributed by atoms with Gasteiger partial charge in [0.1, 0.15) is 0 Å². The lowest BCUT2D eigenvalue weighted by molar-refractivity contribution is 0.661. The Morgan fingerprint density at radius 1 is 0.227 bits per heavy atom. The van der Waals surface area contributed by atoms with E-state index in [1.807, 2.05) is 133 Å². The highest BCUT2D eigenvalue weighted by molar-refractivity contribution is 7.26. The molecule has 516 valence electrons. The van der Waals surface area contributed by atoms with Gasteiger partial charge in [0.05, 0.1) is 33.1 Å². The van der Waals surface area contributed by atoms with Crippen LogP contribution in [0.1, 0.15) is 25.0 Å². The number of thiophene rings is 2. The molecule has 9 nitrogen and oxygen atoms in total. The van der Waals surface area contributed by atoms with E-state index >= 15 is 0 Å². The van der Waals surface area contributed by atoms with Gasteiger partial charge in [0.15, 0.2) is 34.9 Å². The Morgan fingerprint density at radius 2 is 0.609 bits per heavy atom. The van der Waals surface area contributed by atoms with Gasteiger partial charge < -0.3 is 13.7 Å². The number of fused-ring (bicyclic) bond motifs is 19. The summed E-state index contributed by atoms with van der Waals surface area (Å²) in [5.74, 6) is 3.98. The molecule has 11 heteroatoms. The van der Waals surface area contributed by atoms with E-state index in [1.54, 1.807) is 11.3 Å². The maximum Gasteiger partial charge on any atom is 0.164 e. The number of nitrogens with zero attached hydrogens (tertiary/aromatic N) is 9. The van der Waals surface area contributed by atoms with E-state index in [0.717, 1.165) is 50.4 Å². The van der Waals surface area contributed by atoms with Crippen molar-refractivity contribution in [3.8, 4) is 96.5 Å². The smallest absolute Gasteiger partial charge is 0.164 e. The molecule has 0 unspecified atom stereocenters. The van der Waals surface area contributed by atoms with Crippen LogP contribution in [0.3, 0.4) is 0 Å². The van der Waals surface area contributed by atoms with E-state index in [-0.39, 0.29) is 5.41 Å². The monoisotopic (exact) mass is 1440 g/mol. The summed E-state index contributed by atoms with van der Waals surface area (Å²) in [5.41, 5.74) is 21.9. The van der Waals surface area contributed by atoms with Crippen molar-refractivity contribution in [3.05, 3.63) is 357 Å². The molecule has 0 saturated heterocycles. The van der Waals surface area contributed by atoms with Crippen molar-refractivity contribution in [2.75, 3.05) is 0 Å². The molecular weight excluding hydrogens is 1380 g/mol. The predicted molar refractivity (Wildman–Crippen MR) is 459 cm³/mol. The molecule has 0 radical (unpaired) electrons. The van der Waals surface area contributed by atoms with E-state index in [1.165, 1.54) is 128 Å². The van der Waals surface area contributed by atoms with Crippen LogP contribution in [0.4, 0.5) is 0 Å². The van der Waals surface area contributed by atoms with Crippen molar-refractivity contribution in [1.82, 2.24) is 43.6 Å². The van der Waals surface area contributed by atoms with Crippen LogP contribution in [0, 0.1) is 0 Å². The summed E-state index contributed by atoms with van der Waals surface area (Å²) in [6.45, 7) is 4.71. The van der Waals surface area contributed by atoms with Crippen LogP contribution in [0.25, 0.3) is 202 Å². The Labute approximate surface area is 640 Å². The highest BCUT2D eigenvalue weighted by Gasteiger charge is 2.37. The zero-order valence-corrected chi connectivity index (χ0v) is 61.4. The minimum Gasteiger partial charge on any atom is -0.309 e. The van der Waals surface area contributed by atoms with E-state index in [0.29, 0.717) is 34.9 Å². The van der Waals surface area contributed by atoms with Crippen molar-refractivity contribution in [1.29, 1.82) is 0 Å². The Hall–Kier alpha value is -13.8. The largest absolute Gasteiger partial charge is 0.309 e. The first kappa shape index (κ1) is 63.4. The van der Waals surface area contributed by atoms with E-state index in [2.05, 4.69) is 252 Å². The fourth-order valence-corrected chi connectivity index (χ4v) is 19.3. The Morgan fingerprint density at radius 3 is 1.08 bits per heavy atom. The Balaban J connectivity index is 0.000000136. The SMILES string of the molecule is CC1(C)c2ccccc2-c2c1ccc1c2c2ccccc2n1-c1ccc2sc3cc(-c4nc(-c5ccccc5)nc(-c5ccccc5)n4)ccc3c2c1.c1ccc(-c2nc(-c3ccccc3)nc(-c3ccc4c(c3)sc3ccc(-n5c6ccccc6c6cc7c8ccccc8n(-c8ccccc8)c7cc65)cc34)n2)cc1. The van der Waals surface area contributed by atoms with Gasteiger partial charge in [-0.05, 0) is 119 Å². The zero-order valence-electron chi connectivity index (χ0n) is 59.8. The molecule has 0 aliphatic heterocycles. The Kier molecular flexibility index (Phi) is 14.5. The highest BCUT2D eigenvalue weighted by atomic mass is 32.1. The predicted octanol–water partition coefficient (Wildman–Crippen LogP) is 26.1. The molecule has 0 bridgehead atoms. The quantitative estimate of drug-likeness (QED) is 0.143. The summed E-state index contributed by atoms with van der Waals surface area (Å²) in [6.07, 6.45) is 0. The van der Waals surface area contributed by atoms with Crippen LogP contribution in [0.5, 0.6) is 0 Å². The van der Waals surface area contributed by atoms with Crippen LogP contribution in [0.2, 0.25) is 0 Å². The average Bonchev–Trinajstić information content (AvgIpc) is 1.54. The van der Waals surface area contributed by atoms with Gasteiger partial charge in [-0.25, -0.2) is 29.9 Å². The summed E-state index contributed by atoms with van der Waals surface area (Å²) in [4.78, 5) is 29.8. The molecule has 1 aliphatic carbocycles. The normalized spacial score (nSPS) is 12.5. The molecule has 0 spiro atoms. The van der Waals surface area contributed by atoms with E-state index < -0.39 is 0 Å². The summed E-state index contributed by atoms with van der Waals surface area (Å²) >= 11 is 3.62. The highest BCUT2D eigenvalue weighted by Crippen LogP contribution is 2.54. The lowest BCUT2D eigenvalue weighted by atomic mass is 9.82. The van der Waals surface area contributed by atoms with Gasteiger partial charge in [-0.1, -0.05) is 263 Å². The number of para-hydroxylation sites is 4. The van der Waals surface area contributed by atoms with Crippen LogP contribution >= 0.6 is 22.7 Å². The molecule has 23 rings (SSSR count). The van der Waals surface area contributed by atoms with Crippen molar-refractivity contribution in [2.24, 2.45) is 0 Å². The van der Waals surface area contributed by atoms with Gasteiger partial charge in [-0.2, -0.15) is 0 Å². The number of benzene rings is 15. The molecule has 7 heterocycles. The summed E-state index contributed by atoms with van der Waals surface area (Å²) in [5, 5.41) is 12.5. The van der Waals surface area contributed by atoms with Crippen molar-refractivity contribution in [3.63, 3.8) is 0 Å². The van der Waals surface area contributed by atoms with Crippen LogP contribution in [-0.2, 0) is 5.41 Å². The second kappa shape index (κ2) is 25.1. The van der Waals surface area contributed by atoms with E-state index in [4.69, 9.17) is 29.9 Å². The van der Waals surface area contributed by atoms with Gasteiger partial charge in [0.25, 0.3) is 0 Å². The number of hydrogen-bond donors (Lipinski definition) is 0. The lowest BCUT2D eigenvalue weighted by Crippen LogP contribution is -2.14. The van der Waals surface area contributed by atoms with Gasteiger partial charge in [-0.3, -0.25) is 0 Å². The number of aromatic nitrogens is 9. The fraction of sp³-hybridized carbons (Fsp3) is 0.0303. The second-order valence-corrected chi connectivity index (χ2v) is 31.1. The topological polar surface area (TPSA) is 92.1 Å². The molecule has 0 fully saturated rings. The molecule has 15 aromatic carbocycles. The summed E-state index contributed by atoms with van der Waals surface area (Å²) in [7, 11) is 0. The van der Waals surface area contributed by atoms with Gasteiger partial charge in [0, 0.05) is 129 Å². The first-order chi connectivity index (χ1) is 54.3. The minimum atomic E-state index is -0.0514. The molecule has 0 N–H and O–H groups in total. The van der Waals surface area contributed by atoms with Gasteiger partial charge in [-0.15, -0.1) is 22.7 Å². The third kappa shape index (κ3) is 10.2. The second-order valence-electron chi connectivity index (χ2n) is 28.9. The van der Waals surface area contributed by atoms with Crippen LogP contribution < -0.4 is 0 Å². The molecule has 0 amide bonds. The fourth-order valence-electron chi connectivity index (χ4n) is 17.1. The molecule has 110 heavy (non-hydrogen) atoms. The van der Waals surface area contributed by atoms with Crippen LogP contribution in [0.15, 0.2) is 346 Å².